The molecule has 168 valence electrons. The Balaban J connectivity index is 1.39. The molecule has 0 N–H and O–H groups in total. The second-order valence-electron chi connectivity index (χ2n) is 9.24. The van der Waals surface area contributed by atoms with Crippen molar-refractivity contribution in [2.45, 2.75) is 52.4 Å². The average Bonchev–Trinajstić information content (AvgIpc) is 3.12. The number of hydrogen-bond acceptors (Lipinski definition) is 5. The van der Waals surface area contributed by atoms with Crippen LogP contribution < -0.4 is 4.90 Å². The van der Waals surface area contributed by atoms with Crippen LogP contribution in [0.15, 0.2) is 30.3 Å². The first-order valence-corrected chi connectivity index (χ1v) is 12.8. The van der Waals surface area contributed by atoms with Crippen molar-refractivity contribution in [2.75, 3.05) is 31.1 Å². The zero-order valence-electron chi connectivity index (χ0n) is 19.1. The quantitative estimate of drug-likeness (QED) is 0.555. The molecular weight excluding hydrogens is 416 g/mol. The Kier molecular flexibility index (Phi) is 6.13. The van der Waals surface area contributed by atoms with Crippen LogP contribution in [0.2, 0.25) is 0 Å². The summed E-state index contributed by atoms with van der Waals surface area (Å²) in [5, 5.41) is 1.19. The molecule has 5 nitrogen and oxygen atoms in total. The molecular formula is C26H32N4OS. The van der Waals surface area contributed by atoms with E-state index in [1.165, 1.54) is 40.7 Å². The molecule has 2 fully saturated rings. The molecule has 32 heavy (non-hydrogen) atoms. The molecule has 0 atom stereocenters. The van der Waals surface area contributed by atoms with Gasteiger partial charge in [-0.2, -0.15) is 0 Å². The molecule has 2 aliphatic rings. The van der Waals surface area contributed by atoms with Gasteiger partial charge in [0.2, 0.25) is 5.91 Å². The largest absolute Gasteiger partial charge is 0.352 e. The highest BCUT2D eigenvalue weighted by atomic mass is 32.1. The fourth-order valence-electron chi connectivity index (χ4n) is 5.10. The topological polar surface area (TPSA) is 49.3 Å². The molecule has 0 bridgehead atoms. The van der Waals surface area contributed by atoms with E-state index in [1.807, 2.05) is 6.07 Å². The number of benzene rings is 1. The number of piperazine rings is 1. The number of rotatable bonds is 4. The lowest BCUT2D eigenvalue weighted by Gasteiger charge is -2.38. The number of amides is 1. The average molecular weight is 449 g/mol. The molecule has 3 heterocycles. The zero-order chi connectivity index (χ0) is 22.1. The number of hydrogen-bond donors (Lipinski definition) is 0. The van der Waals surface area contributed by atoms with E-state index in [9.17, 15) is 4.79 Å². The van der Waals surface area contributed by atoms with Gasteiger partial charge in [-0.3, -0.25) is 4.79 Å². The van der Waals surface area contributed by atoms with Gasteiger partial charge < -0.3 is 9.80 Å². The van der Waals surface area contributed by atoms with Gasteiger partial charge in [0.05, 0.1) is 5.39 Å². The van der Waals surface area contributed by atoms with E-state index in [0.717, 1.165) is 61.9 Å². The summed E-state index contributed by atoms with van der Waals surface area (Å²) in [6, 6.07) is 10.4. The lowest BCUT2D eigenvalue weighted by molar-refractivity contribution is -0.136. The van der Waals surface area contributed by atoms with Crippen LogP contribution >= 0.6 is 11.3 Å². The fourth-order valence-corrected chi connectivity index (χ4v) is 6.15. The summed E-state index contributed by atoms with van der Waals surface area (Å²) in [5.41, 5.74) is 2.51. The van der Waals surface area contributed by atoms with E-state index in [0.29, 0.717) is 5.91 Å². The Morgan fingerprint density at radius 2 is 1.72 bits per heavy atom. The summed E-state index contributed by atoms with van der Waals surface area (Å²) in [7, 11) is 0. The van der Waals surface area contributed by atoms with Gasteiger partial charge in [-0.1, -0.05) is 49.6 Å². The predicted molar refractivity (Wildman–Crippen MR) is 132 cm³/mol. The van der Waals surface area contributed by atoms with E-state index in [2.05, 4.69) is 47.9 Å². The zero-order valence-corrected chi connectivity index (χ0v) is 20.0. The molecule has 1 amide bonds. The number of carbonyl (C=O) groups is 1. The first kappa shape index (κ1) is 21.4. The molecule has 0 unspecified atom stereocenters. The van der Waals surface area contributed by atoms with Crippen LogP contribution in [0.25, 0.3) is 10.2 Å². The minimum absolute atomic E-state index is 0.250. The Hall–Kier alpha value is -2.47. The highest BCUT2D eigenvalue weighted by Crippen LogP contribution is 2.36. The Morgan fingerprint density at radius 1 is 1.00 bits per heavy atom. The van der Waals surface area contributed by atoms with Crippen molar-refractivity contribution < 1.29 is 4.79 Å². The monoisotopic (exact) mass is 448 g/mol. The van der Waals surface area contributed by atoms with Gasteiger partial charge in [-0.15, -0.1) is 11.3 Å². The summed E-state index contributed by atoms with van der Waals surface area (Å²) < 4.78 is 0. The van der Waals surface area contributed by atoms with Crippen molar-refractivity contribution in [1.82, 2.24) is 14.9 Å². The predicted octanol–water partition coefficient (Wildman–Crippen LogP) is 5.13. The summed E-state index contributed by atoms with van der Waals surface area (Å²) in [6.07, 6.45) is 6.57. The number of aromatic nitrogens is 2. The van der Waals surface area contributed by atoms with Gasteiger partial charge in [-0.25, -0.2) is 9.97 Å². The maximum atomic E-state index is 13.0. The molecule has 6 heteroatoms. The van der Waals surface area contributed by atoms with Gasteiger partial charge >= 0.3 is 0 Å². The van der Waals surface area contributed by atoms with Crippen LogP contribution in [0.3, 0.4) is 0 Å². The Bertz CT molecular complexity index is 1100. The highest BCUT2D eigenvalue weighted by Gasteiger charge is 2.30. The van der Waals surface area contributed by atoms with Crippen LogP contribution in [0, 0.1) is 19.8 Å². The molecule has 1 saturated heterocycles. The van der Waals surface area contributed by atoms with E-state index < -0.39 is 0 Å². The lowest BCUT2D eigenvalue weighted by Crippen LogP contribution is -2.51. The summed E-state index contributed by atoms with van der Waals surface area (Å²) in [6.45, 7) is 7.60. The van der Waals surface area contributed by atoms with Gasteiger partial charge in [0.25, 0.3) is 0 Å². The molecule has 1 aliphatic heterocycles. The van der Waals surface area contributed by atoms with Crippen LogP contribution in [0.4, 0.5) is 5.82 Å². The van der Waals surface area contributed by atoms with Crippen molar-refractivity contribution in [2.24, 2.45) is 5.92 Å². The van der Waals surface area contributed by atoms with Crippen molar-refractivity contribution in [3.63, 3.8) is 0 Å². The lowest BCUT2D eigenvalue weighted by atomic mass is 9.88. The second-order valence-corrected chi connectivity index (χ2v) is 10.4. The molecule has 3 aromatic rings. The van der Waals surface area contributed by atoms with Crippen LogP contribution in [-0.2, 0) is 11.2 Å². The third kappa shape index (κ3) is 4.25. The SMILES string of the molecule is Cc1sc2nc(Cc3ccccc3)nc(N3CCN(C(=O)C4CCCCC4)CC3)c2c1C. The Labute approximate surface area is 194 Å². The van der Waals surface area contributed by atoms with E-state index in [1.54, 1.807) is 11.3 Å². The minimum Gasteiger partial charge on any atom is -0.352 e. The number of aryl methyl sites for hydroxylation is 2. The van der Waals surface area contributed by atoms with Crippen LogP contribution in [0.1, 0.15) is 53.9 Å². The third-order valence-corrected chi connectivity index (χ3v) is 8.21. The number of nitrogens with zero attached hydrogens (tertiary/aromatic N) is 4. The molecule has 0 spiro atoms. The van der Waals surface area contributed by atoms with Crippen molar-refractivity contribution in [3.8, 4) is 0 Å². The molecule has 1 saturated carbocycles. The van der Waals surface area contributed by atoms with Crippen molar-refractivity contribution in [1.29, 1.82) is 0 Å². The summed E-state index contributed by atoms with van der Waals surface area (Å²) >= 11 is 1.76. The molecule has 1 aliphatic carbocycles. The molecule has 0 radical (unpaired) electrons. The standard InChI is InChI=1S/C26H32N4OS/c1-18-19(2)32-25-23(18)24(27-22(28-25)17-20-9-5-3-6-10-20)29-13-15-30(16-14-29)26(31)21-11-7-4-8-12-21/h3,5-6,9-10,21H,4,7-8,11-17H2,1-2H3. The van der Waals surface area contributed by atoms with E-state index in [4.69, 9.17) is 9.97 Å². The molecule has 1 aromatic carbocycles. The highest BCUT2D eigenvalue weighted by molar-refractivity contribution is 7.18. The number of fused-ring (bicyclic) bond motifs is 1. The number of anilines is 1. The van der Waals surface area contributed by atoms with Gasteiger partial charge in [0, 0.05) is 43.4 Å². The molecule has 2 aromatic heterocycles. The first-order valence-electron chi connectivity index (χ1n) is 11.9. The maximum absolute atomic E-state index is 13.0. The number of thiophene rings is 1. The minimum atomic E-state index is 0.250. The van der Waals surface area contributed by atoms with E-state index in [-0.39, 0.29) is 5.92 Å². The maximum Gasteiger partial charge on any atom is 0.225 e. The first-order chi connectivity index (χ1) is 15.6. The molecule has 5 rings (SSSR count). The summed E-state index contributed by atoms with van der Waals surface area (Å²) in [5.74, 6) is 2.55. The third-order valence-electron chi connectivity index (χ3n) is 7.11. The fraction of sp³-hybridized carbons (Fsp3) is 0.500. The van der Waals surface area contributed by atoms with Crippen LogP contribution in [0.5, 0.6) is 0 Å². The second kappa shape index (κ2) is 9.18. The van der Waals surface area contributed by atoms with Gasteiger partial charge in [-0.05, 0) is 37.8 Å². The van der Waals surface area contributed by atoms with Gasteiger partial charge in [0.15, 0.2) is 0 Å². The number of carbonyl (C=O) groups excluding carboxylic acids is 1. The van der Waals surface area contributed by atoms with Crippen LogP contribution in [-0.4, -0.2) is 47.0 Å². The van der Waals surface area contributed by atoms with Gasteiger partial charge in [0.1, 0.15) is 16.5 Å². The van der Waals surface area contributed by atoms with Crippen molar-refractivity contribution in [3.05, 3.63) is 52.2 Å². The van der Waals surface area contributed by atoms with E-state index >= 15 is 0 Å². The summed E-state index contributed by atoms with van der Waals surface area (Å²) in [4.78, 5) is 29.9. The van der Waals surface area contributed by atoms with Crippen molar-refractivity contribution >= 4 is 33.3 Å². The normalized spacial score (nSPS) is 17.8. The smallest absolute Gasteiger partial charge is 0.225 e. The Morgan fingerprint density at radius 3 is 2.44 bits per heavy atom.